The summed E-state index contributed by atoms with van der Waals surface area (Å²) in [5.41, 5.74) is -1.18. The van der Waals surface area contributed by atoms with Gasteiger partial charge < -0.3 is 10.2 Å². The zero-order chi connectivity index (χ0) is 15.3. The Balaban J connectivity index is 2.40. The monoisotopic (exact) mass is 364 g/mol. The van der Waals surface area contributed by atoms with Crippen LogP contribution in [0.4, 0.5) is 0 Å². The molecule has 0 heterocycles. The predicted molar refractivity (Wildman–Crippen MR) is 83.2 cm³/mol. The normalized spacial score (nSPS) is 44.9. The number of carbonyl (C=O) groups is 1. The summed E-state index contributed by atoms with van der Waals surface area (Å²) in [6.45, 7) is 8.24. The average Bonchev–Trinajstić information content (AvgIpc) is 2.39. The van der Waals surface area contributed by atoms with E-state index in [2.05, 4.69) is 36.4 Å². The van der Waals surface area contributed by atoms with E-state index in [9.17, 15) is 15.0 Å². The minimum Gasteiger partial charge on any atom is -0.392 e. The number of rotatable bonds is 1. The summed E-state index contributed by atoms with van der Waals surface area (Å²) in [5.74, 6) is -0.265. The molecule has 2 fully saturated rings. The molecule has 5 heteroatoms. The fraction of sp³-hybridized carbons (Fsp3) is 0.800. The Bertz CT molecular complexity index is 450. The lowest BCUT2D eigenvalue weighted by Crippen LogP contribution is -2.59. The van der Waals surface area contributed by atoms with E-state index in [4.69, 9.17) is 11.6 Å². The molecule has 0 aromatic carbocycles. The van der Waals surface area contributed by atoms with Crippen LogP contribution in [0.25, 0.3) is 0 Å². The molecule has 0 amide bonds. The van der Waals surface area contributed by atoms with Crippen molar-refractivity contribution in [2.24, 2.45) is 10.8 Å². The zero-order valence-electron chi connectivity index (χ0n) is 12.0. The van der Waals surface area contributed by atoms with Crippen LogP contribution in [0.2, 0.25) is 0 Å². The number of aliphatic hydroxyl groups is 2. The number of alkyl halides is 2. The van der Waals surface area contributed by atoms with Crippen molar-refractivity contribution in [2.75, 3.05) is 5.88 Å². The van der Waals surface area contributed by atoms with Crippen molar-refractivity contribution in [3.05, 3.63) is 12.2 Å². The number of carbonyl (C=O) groups excluding carboxylic acids is 1. The molecule has 2 N–H and O–H groups in total. The molecule has 0 radical (unpaired) electrons. The molecule has 2 aliphatic carbocycles. The van der Waals surface area contributed by atoms with E-state index in [0.717, 1.165) is 5.57 Å². The Morgan fingerprint density at radius 1 is 1.45 bits per heavy atom. The first-order chi connectivity index (χ1) is 9.10. The maximum absolute atomic E-state index is 12.4. The summed E-state index contributed by atoms with van der Waals surface area (Å²) in [6, 6.07) is 0. The molecule has 2 saturated carbocycles. The van der Waals surface area contributed by atoms with E-state index in [1.54, 1.807) is 0 Å². The summed E-state index contributed by atoms with van der Waals surface area (Å²) in [6.07, 6.45) is 1.27. The predicted octanol–water partition coefficient (Wildman–Crippen LogP) is 2.81. The number of Topliss-reactive ketones (excluding diaryl/α,β-unsaturated/α-hetero) is 1. The Morgan fingerprint density at radius 2 is 2.05 bits per heavy atom. The van der Waals surface area contributed by atoms with Gasteiger partial charge in [-0.05, 0) is 24.7 Å². The van der Waals surface area contributed by atoms with Crippen LogP contribution in [-0.4, -0.2) is 38.4 Å². The summed E-state index contributed by atoms with van der Waals surface area (Å²) in [4.78, 5) is 12.3. The van der Waals surface area contributed by atoms with E-state index >= 15 is 0 Å². The zero-order valence-corrected chi connectivity index (χ0v) is 14.3. The third-order valence-electron chi connectivity index (χ3n) is 5.56. The molecule has 1 spiro atoms. The van der Waals surface area contributed by atoms with Gasteiger partial charge in [-0.3, -0.25) is 4.79 Å². The molecule has 3 nitrogen and oxygen atoms in total. The minimum absolute atomic E-state index is 0.0603. The van der Waals surface area contributed by atoms with E-state index in [0.29, 0.717) is 19.3 Å². The topological polar surface area (TPSA) is 57.5 Å². The Labute approximate surface area is 133 Å². The number of halogens is 2. The molecule has 20 heavy (non-hydrogen) atoms. The molecular formula is C15H22BrClO3. The Hall–Kier alpha value is 0.1000. The van der Waals surface area contributed by atoms with E-state index in [-0.39, 0.29) is 33.7 Å². The average molecular weight is 366 g/mol. The summed E-state index contributed by atoms with van der Waals surface area (Å²) < 4.78 is 0. The van der Waals surface area contributed by atoms with E-state index in [1.807, 2.05) is 0 Å². The molecule has 4 unspecified atom stereocenters. The first kappa shape index (κ1) is 16.5. The lowest BCUT2D eigenvalue weighted by molar-refractivity contribution is -0.149. The number of aliphatic hydroxyl groups excluding tert-OH is 1. The first-order valence-electron chi connectivity index (χ1n) is 6.93. The van der Waals surface area contributed by atoms with Gasteiger partial charge in [0.25, 0.3) is 0 Å². The van der Waals surface area contributed by atoms with Gasteiger partial charge in [0.2, 0.25) is 0 Å². The van der Waals surface area contributed by atoms with Crippen LogP contribution in [0.1, 0.15) is 39.5 Å². The van der Waals surface area contributed by atoms with E-state index < -0.39 is 11.7 Å². The molecule has 0 bridgehead atoms. The van der Waals surface area contributed by atoms with Crippen LogP contribution >= 0.6 is 27.5 Å². The smallest absolute Gasteiger partial charge is 0.166 e. The van der Waals surface area contributed by atoms with Crippen molar-refractivity contribution in [2.45, 2.75) is 56.1 Å². The number of hydrogen-bond donors (Lipinski definition) is 2. The fourth-order valence-corrected chi connectivity index (χ4v) is 4.74. The van der Waals surface area contributed by atoms with Gasteiger partial charge in [0.05, 0.1) is 12.0 Å². The number of hydrogen-bond acceptors (Lipinski definition) is 3. The summed E-state index contributed by atoms with van der Waals surface area (Å²) in [7, 11) is 0. The summed E-state index contributed by atoms with van der Waals surface area (Å²) >= 11 is 9.35. The van der Waals surface area contributed by atoms with Gasteiger partial charge in [-0.2, -0.15) is 0 Å². The van der Waals surface area contributed by atoms with E-state index in [1.165, 1.54) is 0 Å². The van der Waals surface area contributed by atoms with Gasteiger partial charge in [-0.15, -0.1) is 11.6 Å². The molecule has 0 aliphatic heterocycles. The Morgan fingerprint density at radius 3 is 2.55 bits per heavy atom. The van der Waals surface area contributed by atoms with Crippen molar-refractivity contribution in [1.29, 1.82) is 0 Å². The maximum atomic E-state index is 12.4. The van der Waals surface area contributed by atoms with Crippen molar-refractivity contribution >= 4 is 33.3 Å². The molecule has 0 aromatic rings. The van der Waals surface area contributed by atoms with Crippen LogP contribution < -0.4 is 0 Å². The van der Waals surface area contributed by atoms with Crippen LogP contribution in [0.15, 0.2) is 12.2 Å². The van der Waals surface area contributed by atoms with Gasteiger partial charge >= 0.3 is 0 Å². The van der Waals surface area contributed by atoms with Crippen molar-refractivity contribution in [3.8, 4) is 0 Å². The highest BCUT2D eigenvalue weighted by Crippen LogP contribution is 2.61. The quantitative estimate of drug-likeness (QED) is 0.555. The lowest BCUT2D eigenvalue weighted by Gasteiger charge is -2.58. The van der Waals surface area contributed by atoms with Crippen LogP contribution in [0.5, 0.6) is 0 Å². The largest absolute Gasteiger partial charge is 0.392 e. The second-order valence-electron chi connectivity index (χ2n) is 6.85. The van der Waals surface area contributed by atoms with Crippen LogP contribution in [0, 0.1) is 10.8 Å². The van der Waals surface area contributed by atoms with Gasteiger partial charge in [-0.25, -0.2) is 0 Å². The molecule has 0 aromatic heterocycles. The standard InChI is InChI=1S/C15H22BrClO3/c1-9-6-10(18)12(16)13(2,3)14(9)4-5-15(20,8-17)11(19)7-14/h10,12,18,20H,1,4-8H2,2-3H3. The Kier molecular flexibility index (Phi) is 4.18. The molecular weight excluding hydrogens is 344 g/mol. The third-order valence-corrected chi connectivity index (χ3v) is 7.76. The van der Waals surface area contributed by atoms with Gasteiger partial charge in [0.1, 0.15) is 5.60 Å². The summed E-state index contributed by atoms with van der Waals surface area (Å²) in [5, 5.41) is 20.4. The molecule has 0 saturated heterocycles. The van der Waals surface area contributed by atoms with Gasteiger partial charge in [0, 0.05) is 16.7 Å². The molecule has 2 aliphatic rings. The highest BCUT2D eigenvalue weighted by molar-refractivity contribution is 9.09. The van der Waals surface area contributed by atoms with Crippen molar-refractivity contribution in [3.63, 3.8) is 0 Å². The SMILES string of the molecule is C=C1CC(O)C(Br)C(C)(C)C12CCC(O)(CCl)C(=O)C2. The van der Waals surface area contributed by atoms with Crippen molar-refractivity contribution in [1.82, 2.24) is 0 Å². The molecule has 4 atom stereocenters. The number of ketones is 1. The van der Waals surface area contributed by atoms with Crippen LogP contribution in [-0.2, 0) is 4.79 Å². The van der Waals surface area contributed by atoms with Crippen molar-refractivity contribution < 1.29 is 15.0 Å². The highest BCUT2D eigenvalue weighted by Gasteiger charge is 2.60. The minimum atomic E-state index is -1.40. The lowest BCUT2D eigenvalue weighted by atomic mass is 9.48. The van der Waals surface area contributed by atoms with Gasteiger partial charge in [0.15, 0.2) is 5.78 Å². The maximum Gasteiger partial charge on any atom is 0.166 e. The second kappa shape index (κ2) is 5.08. The molecule has 2 rings (SSSR count). The fourth-order valence-electron chi connectivity index (χ4n) is 3.83. The third kappa shape index (κ3) is 2.11. The second-order valence-corrected chi connectivity index (χ2v) is 8.10. The first-order valence-corrected chi connectivity index (χ1v) is 8.38. The van der Waals surface area contributed by atoms with Crippen LogP contribution in [0.3, 0.4) is 0 Å². The molecule has 114 valence electrons. The highest BCUT2D eigenvalue weighted by atomic mass is 79.9. The van der Waals surface area contributed by atoms with Gasteiger partial charge in [-0.1, -0.05) is 41.9 Å².